The molecule has 2 aromatic carbocycles. The number of rotatable bonds is 5. The average molecular weight is 266 g/mol. The molecule has 0 spiro atoms. The Morgan fingerprint density at radius 3 is 2.15 bits per heavy atom. The van der Waals surface area contributed by atoms with Crippen LogP contribution in [-0.2, 0) is 6.54 Å². The number of benzene rings is 2. The fourth-order valence-corrected chi connectivity index (χ4v) is 1.98. The Balaban J connectivity index is 2.04. The van der Waals surface area contributed by atoms with Gasteiger partial charge in [-0.05, 0) is 12.5 Å². The monoisotopic (exact) mass is 266 g/mol. The SMILES string of the molecule is C/C(=N\N(C)Cc1ccccc1)C(=O)c1ccccc1. The lowest BCUT2D eigenvalue weighted by atomic mass is 10.1. The van der Waals surface area contributed by atoms with Crippen LogP contribution in [-0.4, -0.2) is 23.6 Å². The van der Waals surface area contributed by atoms with Gasteiger partial charge >= 0.3 is 0 Å². The number of Topliss-reactive ketones (excluding diaryl/α,β-unsaturated/α-hetero) is 1. The highest BCUT2D eigenvalue weighted by Crippen LogP contribution is 2.05. The first kappa shape index (κ1) is 14.0. The molecule has 0 amide bonds. The van der Waals surface area contributed by atoms with Crippen molar-refractivity contribution in [2.24, 2.45) is 5.10 Å². The quantitative estimate of drug-likeness (QED) is 0.472. The number of hydrogen-bond acceptors (Lipinski definition) is 3. The highest BCUT2D eigenvalue weighted by Gasteiger charge is 2.09. The van der Waals surface area contributed by atoms with E-state index in [0.29, 0.717) is 17.8 Å². The van der Waals surface area contributed by atoms with Crippen LogP contribution >= 0.6 is 0 Å². The highest BCUT2D eigenvalue weighted by atomic mass is 16.1. The van der Waals surface area contributed by atoms with Crippen LogP contribution in [0.25, 0.3) is 0 Å². The Hall–Kier alpha value is -2.42. The van der Waals surface area contributed by atoms with E-state index in [0.717, 1.165) is 0 Å². The Bertz CT molecular complexity index is 591. The maximum atomic E-state index is 12.2. The first-order chi connectivity index (χ1) is 9.66. The molecule has 0 aromatic heterocycles. The lowest BCUT2D eigenvalue weighted by molar-refractivity contribution is 0.106. The van der Waals surface area contributed by atoms with Gasteiger partial charge in [-0.1, -0.05) is 60.7 Å². The Morgan fingerprint density at radius 1 is 1.00 bits per heavy atom. The summed E-state index contributed by atoms with van der Waals surface area (Å²) in [4.78, 5) is 12.2. The van der Waals surface area contributed by atoms with E-state index in [2.05, 4.69) is 5.10 Å². The van der Waals surface area contributed by atoms with E-state index in [4.69, 9.17) is 0 Å². The first-order valence-electron chi connectivity index (χ1n) is 6.57. The van der Waals surface area contributed by atoms with Crippen LogP contribution in [0.15, 0.2) is 65.8 Å². The van der Waals surface area contributed by atoms with Crippen molar-refractivity contribution in [1.29, 1.82) is 0 Å². The molecule has 0 N–H and O–H groups in total. The van der Waals surface area contributed by atoms with E-state index in [1.54, 1.807) is 24.1 Å². The molecular formula is C17H18N2O. The minimum atomic E-state index is -0.0366. The van der Waals surface area contributed by atoms with Crippen LogP contribution in [0.2, 0.25) is 0 Å². The zero-order valence-corrected chi connectivity index (χ0v) is 11.8. The largest absolute Gasteiger partial charge is 0.295 e. The number of carbonyl (C=O) groups is 1. The van der Waals surface area contributed by atoms with Crippen molar-refractivity contribution in [2.45, 2.75) is 13.5 Å². The number of hydrazone groups is 1. The van der Waals surface area contributed by atoms with E-state index >= 15 is 0 Å². The van der Waals surface area contributed by atoms with Gasteiger partial charge in [0.2, 0.25) is 5.78 Å². The summed E-state index contributed by atoms with van der Waals surface area (Å²) in [5, 5.41) is 6.13. The van der Waals surface area contributed by atoms with Gasteiger partial charge in [-0.2, -0.15) is 5.10 Å². The van der Waals surface area contributed by atoms with Crippen molar-refractivity contribution in [3.05, 3.63) is 71.8 Å². The summed E-state index contributed by atoms with van der Waals surface area (Å²) >= 11 is 0. The molecule has 102 valence electrons. The van der Waals surface area contributed by atoms with E-state index in [-0.39, 0.29) is 5.78 Å². The summed E-state index contributed by atoms with van der Waals surface area (Å²) in [5.74, 6) is -0.0366. The molecule has 0 bridgehead atoms. The second-order valence-corrected chi connectivity index (χ2v) is 4.68. The molecule has 20 heavy (non-hydrogen) atoms. The van der Waals surface area contributed by atoms with Crippen molar-refractivity contribution >= 4 is 11.5 Å². The first-order valence-corrected chi connectivity index (χ1v) is 6.57. The molecule has 0 aliphatic heterocycles. The van der Waals surface area contributed by atoms with Crippen molar-refractivity contribution in [2.75, 3.05) is 7.05 Å². The second-order valence-electron chi connectivity index (χ2n) is 4.68. The molecule has 0 radical (unpaired) electrons. The summed E-state index contributed by atoms with van der Waals surface area (Å²) < 4.78 is 0. The number of nitrogens with zero attached hydrogens (tertiary/aromatic N) is 2. The summed E-state index contributed by atoms with van der Waals surface area (Å²) in [6, 6.07) is 19.3. The molecular weight excluding hydrogens is 248 g/mol. The highest BCUT2D eigenvalue weighted by molar-refractivity contribution is 6.45. The smallest absolute Gasteiger partial charge is 0.208 e. The molecule has 3 nitrogen and oxygen atoms in total. The van der Waals surface area contributed by atoms with Crippen LogP contribution in [0.3, 0.4) is 0 Å². The molecule has 0 fully saturated rings. The Kier molecular flexibility index (Phi) is 4.66. The molecule has 2 rings (SSSR count). The van der Waals surface area contributed by atoms with Crippen molar-refractivity contribution in [3.63, 3.8) is 0 Å². The van der Waals surface area contributed by atoms with Crippen molar-refractivity contribution < 1.29 is 4.79 Å². The summed E-state index contributed by atoms with van der Waals surface area (Å²) in [5.41, 5.74) is 2.33. The molecule has 2 aromatic rings. The number of carbonyl (C=O) groups excluding carboxylic acids is 1. The second kappa shape index (κ2) is 6.66. The number of ketones is 1. The third kappa shape index (κ3) is 3.79. The lowest BCUT2D eigenvalue weighted by Gasteiger charge is -2.14. The van der Waals surface area contributed by atoms with Gasteiger partial charge < -0.3 is 0 Å². The van der Waals surface area contributed by atoms with E-state index in [9.17, 15) is 4.79 Å². The Labute approximate surface area is 119 Å². The van der Waals surface area contributed by atoms with Crippen molar-refractivity contribution in [1.82, 2.24) is 5.01 Å². The summed E-state index contributed by atoms with van der Waals surface area (Å²) in [7, 11) is 1.87. The topological polar surface area (TPSA) is 32.7 Å². The molecule has 0 unspecified atom stereocenters. The van der Waals surface area contributed by atoms with Gasteiger partial charge in [-0.3, -0.25) is 9.80 Å². The third-order valence-corrected chi connectivity index (χ3v) is 2.94. The van der Waals surface area contributed by atoms with Gasteiger partial charge in [-0.15, -0.1) is 0 Å². The van der Waals surface area contributed by atoms with Gasteiger partial charge in [0.1, 0.15) is 5.71 Å². The van der Waals surface area contributed by atoms with E-state index in [1.165, 1.54) is 5.56 Å². The molecule has 0 saturated carbocycles. The van der Waals surface area contributed by atoms with Crippen molar-refractivity contribution in [3.8, 4) is 0 Å². The maximum absolute atomic E-state index is 12.2. The van der Waals surface area contributed by atoms with Gasteiger partial charge in [0.15, 0.2) is 0 Å². The normalized spacial score (nSPS) is 11.2. The van der Waals surface area contributed by atoms with Gasteiger partial charge in [0.25, 0.3) is 0 Å². The van der Waals surface area contributed by atoms with Crippen LogP contribution in [0.5, 0.6) is 0 Å². The van der Waals surface area contributed by atoms with Crippen LogP contribution in [0, 0.1) is 0 Å². The molecule has 0 aliphatic carbocycles. The predicted octanol–water partition coefficient (Wildman–Crippen LogP) is 3.38. The molecule has 0 heterocycles. The van der Waals surface area contributed by atoms with Gasteiger partial charge in [-0.25, -0.2) is 0 Å². The summed E-state index contributed by atoms with van der Waals surface area (Å²) in [6.07, 6.45) is 0. The molecule has 0 aliphatic rings. The van der Waals surface area contributed by atoms with Crippen LogP contribution < -0.4 is 0 Å². The average Bonchev–Trinajstić information content (AvgIpc) is 2.48. The molecule has 3 heteroatoms. The van der Waals surface area contributed by atoms with Crippen LogP contribution in [0.4, 0.5) is 0 Å². The zero-order chi connectivity index (χ0) is 14.4. The minimum absolute atomic E-state index is 0.0366. The van der Waals surface area contributed by atoms with E-state index in [1.807, 2.05) is 55.6 Å². The minimum Gasteiger partial charge on any atom is -0.295 e. The van der Waals surface area contributed by atoms with Crippen LogP contribution in [0.1, 0.15) is 22.8 Å². The molecule has 0 saturated heterocycles. The van der Waals surface area contributed by atoms with Gasteiger partial charge in [0, 0.05) is 12.6 Å². The van der Waals surface area contributed by atoms with Gasteiger partial charge in [0.05, 0.1) is 6.54 Å². The van der Waals surface area contributed by atoms with E-state index < -0.39 is 0 Å². The summed E-state index contributed by atoms with van der Waals surface area (Å²) in [6.45, 7) is 2.43. The number of hydrogen-bond donors (Lipinski definition) is 0. The lowest BCUT2D eigenvalue weighted by Crippen LogP contribution is -2.18. The maximum Gasteiger partial charge on any atom is 0.208 e. The zero-order valence-electron chi connectivity index (χ0n) is 11.8. The standard InChI is InChI=1S/C17H18N2O/c1-14(17(20)16-11-7-4-8-12-16)18-19(2)13-15-9-5-3-6-10-15/h3-12H,13H2,1-2H3/b18-14+. The fraction of sp³-hybridized carbons (Fsp3) is 0.176. The predicted molar refractivity (Wildman–Crippen MR) is 81.8 cm³/mol. The fourth-order valence-electron chi connectivity index (χ4n) is 1.98. The Morgan fingerprint density at radius 2 is 1.55 bits per heavy atom. The molecule has 0 atom stereocenters. The third-order valence-electron chi connectivity index (χ3n) is 2.94.